The predicted molar refractivity (Wildman–Crippen MR) is 96.9 cm³/mol. The molecule has 0 radical (unpaired) electrons. The van der Waals surface area contributed by atoms with E-state index in [9.17, 15) is 13.2 Å². The largest absolute Gasteiger partial charge is 0.497 e. The molecule has 0 aliphatic carbocycles. The predicted octanol–water partition coefficient (Wildman–Crippen LogP) is 2.26. The molecule has 1 aliphatic rings. The zero-order valence-corrected chi connectivity index (χ0v) is 16.2. The molecule has 1 N–H and O–H groups in total. The van der Waals surface area contributed by atoms with Gasteiger partial charge in [-0.2, -0.15) is 4.31 Å². The summed E-state index contributed by atoms with van der Waals surface area (Å²) in [6.07, 6.45) is 1.40. The van der Waals surface area contributed by atoms with E-state index in [4.69, 9.17) is 4.74 Å². The summed E-state index contributed by atoms with van der Waals surface area (Å²) in [6, 6.07) is 6.34. The molecule has 1 fully saturated rings. The lowest BCUT2D eigenvalue weighted by Gasteiger charge is -2.32. The number of carbonyl (C=O) groups excluding carboxylic acids is 1. The monoisotopic (exact) mass is 368 g/mol. The molecule has 0 saturated carbocycles. The second-order valence-electron chi connectivity index (χ2n) is 7.66. The van der Waals surface area contributed by atoms with Gasteiger partial charge in [0, 0.05) is 19.6 Å². The Hall–Kier alpha value is -1.60. The number of hydrogen-bond donors (Lipinski definition) is 1. The lowest BCUT2D eigenvalue weighted by Crippen LogP contribution is -2.46. The molecule has 7 heteroatoms. The quantitative estimate of drug-likeness (QED) is 0.865. The molecule has 0 aromatic heterocycles. The highest BCUT2D eigenvalue weighted by molar-refractivity contribution is 7.89. The number of nitrogens with zero attached hydrogens (tertiary/aromatic N) is 1. The van der Waals surface area contributed by atoms with Gasteiger partial charge in [0.1, 0.15) is 5.75 Å². The number of ether oxygens (including phenoxy) is 1. The number of carbonyl (C=O) groups is 1. The van der Waals surface area contributed by atoms with Gasteiger partial charge in [-0.3, -0.25) is 4.79 Å². The second kappa shape index (κ2) is 7.74. The maximum Gasteiger partial charge on any atom is 0.243 e. The highest BCUT2D eigenvalue weighted by atomic mass is 32.2. The van der Waals surface area contributed by atoms with Gasteiger partial charge in [0.2, 0.25) is 15.9 Å². The summed E-state index contributed by atoms with van der Waals surface area (Å²) in [5, 5.41) is 2.94. The first-order chi connectivity index (χ1) is 11.6. The fourth-order valence-corrected chi connectivity index (χ4v) is 4.29. The van der Waals surface area contributed by atoms with Crippen molar-refractivity contribution in [1.29, 1.82) is 0 Å². The van der Waals surface area contributed by atoms with Crippen LogP contribution in [0.1, 0.15) is 33.6 Å². The van der Waals surface area contributed by atoms with E-state index in [0.717, 1.165) is 0 Å². The summed E-state index contributed by atoms with van der Waals surface area (Å²) in [7, 11) is -2.06. The minimum Gasteiger partial charge on any atom is -0.497 e. The van der Waals surface area contributed by atoms with E-state index >= 15 is 0 Å². The summed E-state index contributed by atoms with van der Waals surface area (Å²) >= 11 is 0. The van der Waals surface area contributed by atoms with Crippen LogP contribution in [-0.4, -0.2) is 45.4 Å². The Morgan fingerprint density at radius 2 is 1.92 bits per heavy atom. The van der Waals surface area contributed by atoms with Gasteiger partial charge in [0.25, 0.3) is 0 Å². The molecule has 1 aromatic carbocycles. The van der Waals surface area contributed by atoms with Crippen molar-refractivity contribution in [2.45, 2.75) is 38.5 Å². The molecule has 6 nitrogen and oxygen atoms in total. The van der Waals surface area contributed by atoms with Gasteiger partial charge in [0.05, 0.1) is 17.9 Å². The van der Waals surface area contributed by atoms with E-state index in [1.165, 1.54) is 23.5 Å². The third-order valence-corrected chi connectivity index (χ3v) is 6.12. The Morgan fingerprint density at radius 3 is 2.48 bits per heavy atom. The number of hydrogen-bond acceptors (Lipinski definition) is 4. The molecule has 1 atom stereocenters. The number of piperidine rings is 1. The van der Waals surface area contributed by atoms with Crippen LogP contribution >= 0.6 is 0 Å². The fourth-order valence-electron chi connectivity index (χ4n) is 2.77. The average Bonchev–Trinajstić information content (AvgIpc) is 2.59. The summed E-state index contributed by atoms with van der Waals surface area (Å²) in [6.45, 7) is 7.40. The van der Waals surface area contributed by atoms with Gasteiger partial charge in [-0.1, -0.05) is 20.8 Å². The van der Waals surface area contributed by atoms with Crippen LogP contribution in [0.25, 0.3) is 0 Å². The number of sulfonamides is 1. The van der Waals surface area contributed by atoms with Crippen molar-refractivity contribution in [3.63, 3.8) is 0 Å². The number of benzene rings is 1. The molecule has 0 spiro atoms. The molecule has 1 heterocycles. The molecule has 25 heavy (non-hydrogen) atoms. The summed E-state index contributed by atoms with van der Waals surface area (Å²) in [4.78, 5) is 12.6. The molecular weight excluding hydrogens is 340 g/mol. The standard InChI is InChI=1S/C18H28N2O4S/c1-18(2,3)13-19-17(21)14-6-5-11-20(12-14)25(22,23)16-9-7-15(24-4)8-10-16/h7-10,14H,5-6,11-13H2,1-4H3,(H,19,21). The van der Waals surface area contributed by atoms with Gasteiger partial charge in [0.15, 0.2) is 0 Å². The van der Waals surface area contributed by atoms with Crippen molar-refractivity contribution in [2.75, 3.05) is 26.7 Å². The summed E-state index contributed by atoms with van der Waals surface area (Å²) in [5.74, 6) is 0.241. The maximum atomic E-state index is 12.8. The normalized spacial score (nSPS) is 19.4. The van der Waals surface area contributed by atoms with Crippen LogP contribution in [0.2, 0.25) is 0 Å². The van der Waals surface area contributed by atoms with Crippen molar-refractivity contribution in [1.82, 2.24) is 9.62 Å². The minimum atomic E-state index is -3.60. The van der Waals surface area contributed by atoms with Crippen molar-refractivity contribution >= 4 is 15.9 Å². The van der Waals surface area contributed by atoms with Crippen molar-refractivity contribution < 1.29 is 17.9 Å². The Bertz CT molecular complexity index is 693. The van der Waals surface area contributed by atoms with Crippen LogP contribution in [0.3, 0.4) is 0 Å². The van der Waals surface area contributed by atoms with E-state index in [1.54, 1.807) is 12.1 Å². The molecule has 2 rings (SSSR count). The van der Waals surface area contributed by atoms with E-state index in [2.05, 4.69) is 26.1 Å². The first-order valence-corrected chi connectivity index (χ1v) is 9.99. The summed E-state index contributed by atoms with van der Waals surface area (Å²) < 4.78 is 32.1. The molecule has 0 bridgehead atoms. The first kappa shape index (κ1) is 19.7. The average molecular weight is 368 g/mol. The van der Waals surface area contributed by atoms with Crippen LogP contribution in [-0.2, 0) is 14.8 Å². The van der Waals surface area contributed by atoms with Gasteiger partial charge < -0.3 is 10.1 Å². The van der Waals surface area contributed by atoms with Gasteiger partial charge in [-0.15, -0.1) is 0 Å². The maximum absolute atomic E-state index is 12.8. The Morgan fingerprint density at radius 1 is 1.28 bits per heavy atom. The highest BCUT2D eigenvalue weighted by Gasteiger charge is 2.33. The third kappa shape index (κ3) is 5.19. The van der Waals surface area contributed by atoms with Crippen molar-refractivity contribution in [3.8, 4) is 5.75 Å². The van der Waals surface area contributed by atoms with E-state index in [1.807, 2.05) is 0 Å². The lowest BCUT2D eigenvalue weighted by atomic mass is 9.95. The summed E-state index contributed by atoms with van der Waals surface area (Å²) in [5.41, 5.74) is -0.000809. The van der Waals surface area contributed by atoms with E-state index in [-0.39, 0.29) is 28.7 Å². The Balaban J connectivity index is 2.07. The fraction of sp³-hybridized carbons (Fsp3) is 0.611. The third-order valence-electron chi connectivity index (χ3n) is 4.25. The van der Waals surface area contributed by atoms with Crippen LogP contribution < -0.4 is 10.1 Å². The number of methoxy groups -OCH3 is 1. The molecule has 140 valence electrons. The Labute approximate surface area is 150 Å². The molecule has 1 amide bonds. The smallest absolute Gasteiger partial charge is 0.243 e. The molecule has 1 aromatic rings. The van der Waals surface area contributed by atoms with Crippen LogP contribution in [0.4, 0.5) is 0 Å². The number of amides is 1. The molecule has 1 aliphatic heterocycles. The molecule has 1 unspecified atom stereocenters. The van der Waals surface area contributed by atoms with Gasteiger partial charge in [-0.05, 0) is 42.5 Å². The lowest BCUT2D eigenvalue weighted by molar-refractivity contribution is -0.126. The van der Waals surface area contributed by atoms with Gasteiger partial charge >= 0.3 is 0 Å². The molecular formula is C18H28N2O4S. The van der Waals surface area contributed by atoms with Crippen molar-refractivity contribution in [2.24, 2.45) is 11.3 Å². The van der Waals surface area contributed by atoms with Crippen LogP contribution in [0, 0.1) is 11.3 Å². The molecule has 1 saturated heterocycles. The van der Waals surface area contributed by atoms with Crippen molar-refractivity contribution in [3.05, 3.63) is 24.3 Å². The van der Waals surface area contributed by atoms with Crippen LogP contribution in [0.15, 0.2) is 29.2 Å². The van der Waals surface area contributed by atoms with E-state index in [0.29, 0.717) is 31.7 Å². The second-order valence-corrected chi connectivity index (χ2v) is 9.59. The first-order valence-electron chi connectivity index (χ1n) is 8.55. The topological polar surface area (TPSA) is 75.7 Å². The van der Waals surface area contributed by atoms with E-state index < -0.39 is 10.0 Å². The SMILES string of the molecule is COc1ccc(S(=O)(=O)N2CCCC(C(=O)NCC(C)(C)C)C2)cc1. The van der Waals surface area contributed by atoms with Crippen LogP contribution in [0.5, 0.6) is 5.75 Å². The zero-order valence-electron chi connectivity index (χ0n) is 15.4. The number of rotatable bonds is 5. The highest BCUT2D eigenvalue weighted by Crippen LogP contribution is 2.25. The Kier molecular flexibility index (Phi) is 6.11. The minimum absolute atomic E-state index is 0.000809. The zero-order chi connectivity index (χ0) is 18.7. The number of nitrogens with one attached hydrogen (secondary N) is 1. The van der Waals surface area contributed by atoms with Gasteiger partial charge in [-0.25, -0.2) is 8.42 Å².